The number of ether oxygens (including phenoxy) is 1. The number of aryl methyl sites for hydroxylation is 1. The van der Waals surface area contributed by atoms with Crippen LogP contribution in [0.1, 0.15) is 33.3 Å². The highest BCUT2D eigenvalue weighted by atomic mass is 16.5. The van der Waals surface area contributed by atoms with Gasteiger partial charge in [-0.1, -0.05) is 36.4 Å². The van der Waals surface area contributed by atoms with Crippen molar-refractivity contribution < 1.29 is 14.3 Å². The molecule has 2 N–H and O–H groups in total. The van der Waals surface area contributed by atoms with Gasteiger partial charge in [-0.25, -0.2) is 9.97 Å². The molecule has 1 aromatic heterocycles. The summed E-state index contributed by atoms with van der Waals surface area (Å²) in [6.45, 7) is 4.31. The number of benzene rings is 3. The second kappa shape index (κ2) is 10.4. The monoisotopic (exact) mass is 453 g/mol. The number of carbonyl (C=O) groups excluding carboxylic acids is 2. The standard InChI is InChI=1S/C26H23N5O3/c1-3-34-20-14-15-22-21(16-20)17(2)27-25(28-22)31-26(29-23(32)18-10-6-4-7-11-18)30-24(33)19-12-8-5-9-13-19/h4-16H,3H2,1-2H3,(H2,27,28,29,30,31,32,33). The Hall–Kier alpha value is -4.59. The van der Waals surface area contributed by atoms with E-state index in [4.69, 9.17) is 4.74 Å². The molecule has 0 unspecified atom stereocenters. The number of aromatic nitrogens is 2. The maximum absolute atomic E-state index is 12.7. The van der Waals surface area contributed by atoms with Crippen molar-refractivity contribution in [1.82, 2.24) is 20.6 Å². The van der Waals surface area contributed by atoms with Gasteiger partial charge in [-0.3, -0.25) is 20.2 Å². The predicted octanol–water partition coefficient (Wildman–Crippen LogP) is 4.18. The van der Waals surface area contributed by atoms with Gasteiger partial charge in [-0.2, -0.15) is 4.99 Å². The Morgan fingerprint density at radius 1 is 0.853 bits per heavy atom. The first-order chi connectivity index (χ1) is 16.5. The molecule has 0 aliphatic carbocycles. The fourth-order valence-corrected chi connectivity index (χ4v) is 3.28. The summed E-state index contributed by atoms with van der Waals surface area (Å²) in [6, 6.07) is 22.8. The van der Waals surface area contributed by atoms with Gasteiger partial charge in [0.05, 0.1) is 17.8 Å². The third-order valence-electron chi connectivity index (χ3n) is 4.90. The number of fused-ring (bicyclic) bond motifs is 1. The zero-order valence-electron chi connectivity index (χ0n) is 18.8. The lowest BCUT2D eigenvalue weighted by molar-refractivity contribution is 0.0966. The van der Waals surface area contributed by atoms with E-state index in [0.29, 0.717) is 28.9 Å². The van der Waals surface area contributed by atoms with E-state index < -0.39 is 11.8 Å². The van der Waals surface area contributed by atoms with Crippen LogP contribution in [0, 0.1) is 6.92 Å². The average molecular weight is 454 g/mol. The van der Waals surface area contributed by atoms with Gasteiger partial charge in [0.1, 0.15) is 5.75 Å². The Balaban J connectivity index is 1.68. The molecule has 0 saturated heterocycles. The van der Waals surface area contributed by atoms with Crippen LogP contribution in [0.4, 0.5) is 5.95 Å². The molecule has 8 nitrogen and oxygen atoms in total. The van der Waals surface area contributed by atoms with Crippen molar-refractivity contribution in [3.63, 3.8) is 0 Å². The first-order valence-electron chi connectivity index (χ1n) is 10.8. The van der Waals surface area contributed by atoms with Crippen molar-refractivity contribution in [2.24, 2.45) is 4.99 Å². The number of hydrogen-bond acceptors (Lipinski definition) is 6. The summed E-state index contributed by atoms with van der Waals surface area (Å²) in [7, 11) is 0. The molecule has 8 heteroatoms. The maximum Gasteiger partial charge on any atom is 0.257 e. The largest absolute Gasteiger partial charge is 0.494 e. The third kappa shape index (κ3) is 5.42. The van der Waals surface area contributed by atoms with Crippen LogP contribution in [0.3, 0.4) is 0 Å². The molecule has 0 bridgehead atoms. The van der Waals surface area contributed by atoms with Gasteiger partial charge < -0.3 is 4.74 Å². The van der Waals surface area contributed by atoms with E-state index in [2.05, 4.69) is 25.6 Å². The first-order valence-corrected chi connectivity index (χ1v) is 10.8. The quantitative estimate of drug-likeness (QED) is 0.348. The topological polar surface area (TPSA) is 106 Å². The lowest BCUT2D eigenvalue weighted by Gasteiger charge is -2.11. The SMILES string of the molecule is CCOc1ccc2nc(N=C(NC(=O)c3ccccc3)NC(=O)c3ccccc3)nc(C)c2c1. The minimum atomic E-state index is -0.424. The molecule has 0 aliphatic heterocycles. The molecule has 0 saturated carbocycles. The van der Waals surface area contributed by atoms with E-state index in [1.807, 2.05) is 44.2 Å². The number of carbonyl (C=O) groups is 2. The Labute approximate surface area is 196 Å². The molecule has 0 fully saturated rings. The van der Waals surface area contributed by atoms with Crippen molar-refractivity contribution in [1.29, 1.82) is 0 Å². The Kier molecular flexibility index (Phi) is 6.88. The molecule has 3 aromatic carbocycles. The number of nitrogens with one attached hydrogen (secondary N) is 2. The normalized spacial score (nSPS) is 10.4. The zero-order chi connectivity index (χ0) is 23.9. The highest BCUT2D eigenvalue weighted by Crippen LogP contribution is 2.23. The summed E-state index contributed by atoms with van der Waals surface area (Å²) in [6.07, 6.45) is 0. The van der Waals surface area contributed by atoms with Gasteiger partial charge in [0.15, 0.2) is 0 Å². The van der Waals surface area contributed by atoms with Gasteiger partial charge >= 0.3 is 0 Å². The van der Waals surface area contributed by atoms with Crippen molar-refractivity contribution in [2.45, 2.75) is 13.8 Å². The molecule has 4 aromatic rings. The molecule has 2 amide bonds. The van der Waals surface area contributed by atoms with Crippen molar-refractivity contribution in [2.75, 3.05) is 6.61 Å². The highest BCUT2D eigenvalue weighted by Gasteiger charge is 2.15. The predicted molar refractivity (Wildman–Crippen MR) is 130 cm³/mol. The van der Waals surface area contributed by atoms with Gasteiger partial charge in [0.25, 0.3) is 17.8 Å². The molecule has 0 atom stereocenters. The summed E-state index contributed by atoms with van der Waals surface area (Å²) >= 11 is 0. The van der Waals surface area contributed by atoms with Crippen LogP contribution in [0.2, 0.25) is 0 Å². The van der Waals surface area contributed by atoms with Crippen molar-refractivity contribution in [3.05, 3.63) is 95.7 Å². The molecule has 4 rings (SSSR count). The minimum absolute atomic E-state index is 0.0765. The lowest BCUT2D eigenvalue weighted by atomic mass is 10.2. The van der Waals surface area contributed by atoms with E-state index in [1.165, 1.54) is 0 Å². The fraction of sp³-hybridized carbons (Fsp3) is 0.115. The van der Waals surface area contributed by atoms with Crippen molar-refractivity contribution >= 4 is 34.6 Å². The van der Waals surface area contributed by atoms with Gasteiger partial charge in [0.2, 0.25) is 5.96 Å². The average Bonchev–Trinajstić information content (AvgIpc) is 2.85. The van der Waals surface area contributed by atoms with Crippen LogP contribution in [-0.2, 0) is 0 Å². The summed E-state index contributed by atoms with van der Waals surface area (Å²) < 4.78 is 5.56. The number of nitrogens with zero attached hydrogens (tertiary/aromatic N) is 3. The van der Waals surface area contributed by atoms with E-state index in [1.54, 1.807) is 48.5 Å². The van der Waals surface area contributed by atoms with E-state index in [9.17, 15) is 9.59 Å². The third-order valence-corrected chi connectivity index (χ3v) is 4.90. The van der Waals surface area contributed by atoms with Crippen LogP contribution in [-0.4, -0.2) is 34.3 Å². The molecule has 0 spiro atoms. The smallest absolute Gasteiger partial charge is 0.257 e. The molecule has 170 valence electrons. The van der Waals surface area contributed by atoms with Crippen LogP contribution in [0.25, 0.3) is 10.9 Å². The van der Waals surface area contributed by atoms with E-state index in [-0.39, 0.29) is 11.9 Å². The number of aliphatic imine (C=N–C) groups is 1. The second-order valence-corrected chi connectivity index (χ2v) is 7.32. The van der Waals surface area contributed by atoms with Crippen LogP contribution in [0.15, 0.2) is 83.9 Å². The maximum atomic E-state index is 12.7. The Bertz CT molecular complexity index is 1300. The van der Waals surface area contributed by atoms with E-state index in [0.717, 1.165) is 11.1 Å². The highest BCUT2D eigenvalue weighted by molar-refractivity contribution is 6.13. The molecule has 1 heterocycles. The van der Waals surface area contributed by atoms with Crippen molar-refractivity contribution in [3.8, 4) is 5.75 Å². The number of hydrogen-bond donors (Lipinski definition) is 2. The molecular formula is C26H23N5O3. The Morgan fingerprint density at radius 2 is 1.44 bits per heavy atom. The molecule has 0 radical (unpaired) electrons. The first kappa shape index (κ1) is 22.6. The zero-order valence-corrected chi connectivity index (χ0v) is 18.8. The Morgan fingerprint density at radius 3 is 2.00 bits per heavy atom. The number of rotatable bonds is 5. The van der Waals surface area contributed by atoms with Gasteiger partial charge in [0, 0.05) is 16.5 Å². The van der Waals surface area contributed by atoms with E-state index >= 15 is 0 Å². The lowest BCUT2D eigenvalue weighted by Crippen LogP contribution is -2.43. The summed E-state index contributed by atoms with van der Waals surface area (Å²) in [5.74, 6) is -0.0969. The summed E-state index contributed by atoms with van der Waals surface area (Å²) in [5.41, 5.74) is 2.19. The molecule has 0 aliphatic rings. The van der Waals surface area contributed by atoms with Crippen LogP contribution < -0.4 is 15.4 Å². The van der Waals surface area contributed by atoms with Crippen LogP contribution >= 0.6 is 0 Å². The number of guanidine groups is 1. The second-order valence-electron chi connectivity index (χ2n) is 7.32. The number of amides is 2. The van der Waals surface area contributed by atoms with Gasteiger partial charge in [-0.15, -0.1) is 0 Å². The fourth-order valence-electron chi connectivity index (χ4n) is 3.28. The molecule has 34 heavy (non-hydrogen) atoms. The minimum Gasteiger partial charge on any atom is -0.494 e. The summed E-state index contributed by atoms with van der Waals surface area (Å²) in [4.78, 5) is 38.8. The van der Waals surface area contributed by atoms with Gasteiger partial charge in [-0.05, 0) is 56.3 Å². The van der Waals surface area contributed by atoms with Crippen LogP contribution in [0.5, 0.6) is 5.75 Å². The summed E-state index contributed by atoms with van der Waals surface area (Å²) in [5, 5.41) is 6.14. The molecular weight excluding hydrogens is 430 g/mol.